The van der Waals surface area contributed by atoms with Gasteiger partial charge in [0.05, 0.1) is 24.7 Å². The molecule has 4 bridgehead atoms. The molecule has 8 N–H and O–H groups in total. The average Bonchev–Trinajstić information content (AvgIpc) is 2.41. The van der Waals surface area contributed by atoms with Crippen LogP contribution in [0.5, 0.6) is 0 Å². The molecule has 4 heterocycles. The number of nitrogens with zero attached hydrogens (tertiary/aromatic N) is 1. The van der Waals surface area contributed by atoms with Gasteiger partial charge >= 0.3 is 5.97 Å². The average molecular weight is 303 g/mol. The molecule has 0 aromatic heterocycles. The summed E-state index contributed by atoms with van der Waals surface area (Å²) >= 11 is 0. The molecule has 0 aromatic carbocycles. The Hall–Kier alpha value is -1.01. The van der Waals surface area contributed by atoms with E-state index < -0.39 is 54.0 Å². The highest BCUT2D eigenvalue weighted by Crippen LogP contribution is 2.57. The van der Waals surface area contributed by atoms with Gasteiger partial charge in [0, 0.05) is 5.92 Å². The Kier molecular flexibility index (Phi) is 2.50. The van der Waals surface area contributed by atoms with Crippen molar-refractivity contribution in [3.05, 3.63) is 0 Å². The van der Waals surface area contributed by atoms with Crippen LogP contribution in [0.15, 0.2) is 4.99 Å². The Labute approximate surface area is 118 Å². The number of aliphatic hydroxyl groups is 5. The predicted octanol–water partition coefficient (Wildman–Crippen LogP) is -4.63. The molecule has 3 saturated heterocycles. The molecule has 4 fully saturated rings. The van der Waals surface area contributed by atoms with E-state index >= 15 is 0 Å². The van der Waals surface area contributed by atoms with Crippen LogP contribution in [-0.4, -0.2) is 80.3 Å². The SMILES string of the molecule is NC1=N[C@H](O)[C@H]2[C@H]3O[C@]4(O)O[C@H]([C@@H]3CO)[C@@H](O)[C@@]2(N1)[C@@H]4O. The highest BCUT2D eigenvalue weighted by atomic mass is 16.8. The summed E-state index contributed by atoms with van der Waals surface area (Å²) in [5.74, 6) is -4.06. The fourth-order valence-corrected chi connectivity index (χ4v) is 4.26. The van der Waals surface area contributed by atoms with E-state index in [1.54, 1.807) is 0 Å². The zero-order valence-electron chi connectivity index (χ0n) is 10.8. The summed E-state index contributed by atoms with van der Waals surface area (Å²) in [7, 11) is 0. The molecule has 9 atom stereocenters. The van der Waals surface area contributed by atoms with Crippen LogP contribution < -0.4 is 11.1 Å². The van der Waals surface area contributed by atoms with E-state index in [1.165, 1.54) is 0 Å². The summed E-state index contributed by atoms with van der Waals surface area (Å²) in [5.41, 5.74) is 4.04. The van der Waals surface area contributed by atoms with Gasteiger partial charge < -0.3 is 46.1 Å². The molecule has 118 valence electrons. The summed E-state index contributed by atoms with van der Waals surface area (Å²) in [5, 5.41) is 53.7. The van der Waals surface area contributed by atoms with Crippen LogP contribution in [0.4, 0.5) is 0 Å². The molecular weight excluding hydrogens is 286 g/mol. The fraction of sp³-hybridized carbons (Fsp3) is 0.909. The van der Waals surface area contributed by atoms with Gasteiger partial charge in [-0.1, -0.05) is 0 Å². The molecule has 21 heavy (non-hydrogen) atoms. The summed E-state index contributed by atoms with van der Waals surface area (Å²) in [4.78, 5) is 3.78. The van der Waals surface area contributed by atoms with Crippen LogP contribution in [0.3, 0.4) is 0 Å². The third-order valence-corrected chi connectivity index (χ3v) is 5.11. The molecule has 0 unspecified atom stereocenters. The highest BCUT2D eigenvalue weighted by molar-refractivity contribution is 5.80. The lowest BCUT2D eigenvalue weighted by molar-refractivity contribution is -0.530. The van der Waals surface area contributed by atoms with Crippen molar-refractivity contribution in [2.24, 2.45) is 22.6 Å². The largest absolute Gasteiger partial charge is 0.396 e. The molecule has 0 radical (unpaired) electrons. The summed E-state index contributed by atoms with van der Waals surface area (Å²) in [6.07, 6.45) is -6.19. The van der Waals surface area contributed by atoms with E-state index in [9.17, 15) is 25.5 Å². The molecule has 1 aliphatic carbocycles. The topological polar surface area (TPSA) is 170 Å². The van der Waals surface area contributed by atoms with Crippen LogP contribution in [0.25, 0.3) is 0 Å². The molecular formula is C11H17N3O7. The fourth-order valence-electron chi connectivity index (χ4n) is 4.26. The summed E-state index contributed by atoms with van der Waals surface area (Å²) in [6.45, 7) is -0.378. The molecule has 5 aliphatic rings. The zero-order chi connectivity index (χ0) is 15.2. The minimum absolute atomic E-state index is 0.164. The minimum atomic E-state index is -2.33. The van der Waals surface area contributed by atoms with Crippen LogP contribution in [0.2, 0.25) is 0 Å². The van der Waals surface area contributed by atoms with Crippen molar-refractivity contribution in [2.45, 2.75) is 42.2 Å². The molecule has 10 nitrogen and oxygen atoms in total. The maximum Gasteiger partial charge on any atom is 0.311 e. The quantitative estimate of drug-likeness (QED) is 0.252. The van der Waals surface area contributed by atoms with Crippen LogP contribution in [0.1, 0.15) is 0 Å². The van der Waals surface area contributed by atoms with Gasteiger partial charge in [-0.3, -0.25) is 0 Å². The van der Waals surface area contributed by atoms with Crippen molar-refractivity contribution in [1.29, 1.82) is 0 Å². The third kappa shape index (κ3) is 1.34. The number of rotatable bonds is 1. The number of aliphatic hydroxyl groups excluding tert-OH is 4. The zero-order valence-corrected chi connectivity index (χ0v) is 10.8. The first kappa shape index (κ1) is 13.6. The summed E-state index contributed by atoms with van der Waals surface area (Å²) in [6, 6.07) is 0. The smallest absolute Gasteiger partial charge is 0.311 e. The number of nitrogens with one attached hydrogen (secondary N) is 1. The first-order valence-electron chi connectivity index (χ1n) is 6.69. The summed E-state index contributed by atoms with van der Waals surface area (Å²) < 4.78 is 10.6. The molecule has 0 aromatic rings. The van der Waals surface area contributed by atoms with Gasteiger partial charge in [0.15, 0.2) is 18.3 Å². The maximum absolute atomic E-state index is 10.6. The van der Waals surface area contributed by atoms with E-state index in [-0.39, 0.29) is 12.6 Å². The van der Waals surface area contributed by atoms with Crippen molar-refractivity contribution < 1.29 is 35.0 Å². The Morgan fingerprint density at radius 2 is 1.90 bits per heavy atom. The van der Waals surface area contributed by atoms with Crippen LogP contribution in [0, 0.1) is 11.8 Å². The number of hydrogen-bond acceptors (Lipinski definition) is 10. The second-order valence-electron chi connectivity index (χ2n) is 6.00. The number of ether oxygens (including phenoxy) is 2. The maximum atomic E-state index is 10.6. The van der Waals surface area contributed by atoms with E-state index in [2.05, 4.69) is 10.3 Å². The van der Waals surface area contributed by atoms with Crippen molar-refractivity contribution in [3.8, 4) is 0 Å². The van der Waals surface area contributed by atoms with Crippen molar-refractivity contribution in [3.63, 3.8) is 0 Å². The van der Waals surface area contributed by atoms with Gasteiger partial charge in [-0.25, -0.2) is 4.99 Å². The van der Waals surface area contributed by atoms with Crippen molar-refractivity contribution >= 4 is 5.96 Å². The lowest BCUT2D eigenvalue weighted by Gasteiger charge is -2.69. The van der Waals surface area contributed by atoms with Gasteiger partial charge in [-0.2, -0.15) is 0 Å². The molecule has 0 amide bonds. The first-order chi connectivity index (χ1) is 9.85. The Morgan fingerprint density at radius 1 is 1.24 bits per heavy atom. The van der Waals surface area contributed by atoms with E-state index in [1.807, 2.05) is 0 Å². The number of hydrogen-bond donors (Lipinski definition) is 7. The van der Waals surface area contributed by atoms with E-state index in [0.29, 0.717) is 0 Å². The minimum Gasteiger partial charge on any atom is -0.396 e. The van der Waals surface area contributed by atoms with Gasteiger partial charge in [0.25, 0.3) is 0 Å². The second kappa shape index (κ2) is 3.84. The van der Waals surface area contributed by atoms with Gasteiger partial charge in [-0.05, 0) is 0 Å². The van der Waals surface area contributed by atoms with Crippen LogP contribution >= 0.6 is 0 Å². The number of nitrogens with two attached hydrogens (primary N) is 1. The molecule has 1 saturated carbocycles. The Morgan fingerprint density at radius 3 is 2.57 bits per heavy atom. The number of guanidine groups is 1. The normalized spacial score (nSPS) is 61.2. The third-order valence-electron chi connectivity index (χ3n) is 5.11. The lowest BCUT2D eigenvalue weighted by Crippen LogP contribution is -2.91. The van der Waals surface area contributed by atoms with Gasteiger partial charge in [0.1, 0.15) is 11.6 Å². The predicted molar refractivity (Wildman–Crippen MR) is 64.3 cm³/mol. The Bertz CT molecular complexity index is 518. The molecule has 4 aliphatic heterocycles. The molecule has 1 spiro atoms. The van der Waals surface area contributed by atoms with Gasteiger partial charge in [-0.15, -0.1) is 0 Å². The second-order valence-corrected chi connectivity index (χ2v) is 6.00. The monoisotopic (exact) mass is 303 g/mol. The molecule has 5 rings (SSSR count). The standard InChI is InChI=1S/C11H17N3O7/c12-9-13-7(17)3-4-2(1-15)5-6(16)10(3,14-9)8(18)11(19,20-4)21-5/h2-8,15-19H,1H2,(H3,12,13,14)/t2-,3-,4+,5-,6-,7-,8+,10-,11+/m1/s1. The first-order valence-corrected chi connectivity index (χ1v) is 6.69. The Balaban J connectivity index is 1.91. The molecule has 10 heteroatoms. The lowest BCUT2D eigenvalue weighted by atomic mass is 9.56. The van der Waals surface area contributed by atoms with E-state index in [0.717, 1.165) is 0 Å². The van der Waals surface area contributed by atoms with Crippen molar-refractivity contribution in [2.75, 3.05) is 6.61 Å². The highest BCUT2D eigenvalue weighted by Gasteiger charge is 2.79. The van der Waals surface area contributed by atoms with Gasteiger partial charge in [0.2, 0.25) is 0 Å². The van der Waals surface area contributed by atoms with Crippen LogP contribution in [-0.2, 0) is 9.47 Å². The van der Waals surface area contributed by atoms with E-state index in [4.69, 9.17) is 15.2 Å². The van der Waals surface area contributed by atoms with Crippen molar-refractivity contribution in [1.82, 2.24) is 5.32 Å². The number of aliphatic imine (C=N–C) groups is 1.